The Balaban J connectivity index is 2.10. The monoisotopic (exact) mass is 342 g/mol. The Morgan fingerprint density at radius 2 is 2.20 bits per heavy atom. The molecule has 4 nitrogen and oxygen atoms in total. The molecule has 1 unspecified atom stereocenters. The Bertz CT molecular complexity index is 481. The van der Waals surface area contributed by atoms with Crippen LogP contribution in [0.3, 0.4) is 0 Å². The van der Waals surface area contributed by atoms with Crippen LogP contribution in [0.15, 0.2) is 16.6 Å². The van der Waals surface area contributed by atoms with E-state index in [9.17, 15) is 4.79 Å². The molecule has 2 rings (SSSR count). The lowest BCUT2D eigenvalue weighted by atomic mass is 10.0. The summed E-state index contributed by atoms with van der Waals surface area (Å²) in [6.07, 6.45) is 3.62. The number of ketones is 1. The van der Waals surface area contributed by atoms with Crippen LogP contribution in [-0.2, 0) is 4.74 Å². The van der Waals surface area contributed by atoms with Crippen LogP contribution in [0.5, 0.6) is 11.5 Å². The SMILES string of the molecule is COc1ccc(C(=O)CCC2CCCO2)c(OC)c1Br. The topological polar surface area (TPSA) is 44.8 Å². The van der Waals surface area contributed by atoms with Crippen molar-refractivity contribution in [1.29, 1.82) is 0 Å². The second kappa shape index (κ2) is 7.09. The van der Waals surface area contributed by atoms with Crippen LogP contribution in [0.4, 0.5) is 0 Å². The van der Waals surface area contributed by atoms with Crippen LogP contribution >= 0.6 is 15.9 Å². The number of Topliss-reactive ketones (excluding diaryl/α,β-unsaturated/α-hetero) is 1. The number of methoxy groups -OCH3 is 2. The maximum Gasteiger partial charge on any atom is 0.166 e. The fraction of sp³-hybridized carbons (Fsp3) is 0.533. The summed E-state index contributed by atoms with van der Waals surface area (Å²) in [5.74, 6) is 1.25. The minimum Gasteiger partial charge on any atom is -0.495 e. The first-order valence-electron chi connectivity index (χ1n) is 6.72. The van der Waals surface area contributed by atoms with Crippen molar-refractivity contribution in [2.24, 2.45) is 0 Å². The summed E-state index contributed by atoms with van der Waals surface area (Å²) >= 11 is 3.41. The highest BCUT2D eigenvalue weighted by molar-refractivity contribution is 9.10. The van der Waals surface area contributed by atoms with Crippen molar-refractivity contribution in [1.82, 2.24) is 0 Å². The molecule has 110 valence electrons. The summed E-state index contributed by atoms with van der Waals surface area (Å²) in [5.41, 5.74) is 0.582. The van der Waals surface area contributed by atoms with E-state index < -0.39 is 0 Å². The summed E-state index contributed by atoms with van der Waals surface area (Å²) in [5, 5.41) is 0. The van der Waals surface area contributed by atoms with Gasteiger partial charge in [0.25, 0.3) is 0 Å². The Morgan fingerprint density at radius 1 is 1.40 bits per heavy atom. The van der Waals surface area contributed by atoms with E-state index in [-0.39, 0.29) is 11.9 Å². The van der Waals surface area contributed by atoms with Crippen LogP contribution in [-0.4, -0.2) is 32.7 Å². The molecule has 5 heteroatoms. The molecule has 0 aromatic heterocycles. The highest BCUT2D eigenvalue weighted by Crippen LogP contribution is 2.37. The molecule has 0 aliphatic carbocycles. The Morgan fingerprint density at radius 3 is 2.80 bits per heavy atom. The predicted molar refractivity (Wildman–Crippen MR) is 79.8 cm³/mol. The molecule has 1 heterocycles. The highest BCUT2D eigenvalue weighted by atomic mass is 79.9. The van der Waals surface area contributed by atoms with Gasteiger partial charge in [0.2, 0.25) is 0 Å². The quantitative estimate of drug-likeness (QED) is 0.741. The largest absolute Gasteiger partial charge is 0.495 e. The maximum atomic E-state index is 12.3. The number of halogens is 1. The summed E-state index contributed by atoms with van der Waals surface area (Å²) in [6, 6.07) is 3.52. The van der Waals surface area contributed by atoms with Gasteiger partial charge < -0.3 is 14.2 Å². The minimum atomic E-state index is 0.0701. The molecule has 0 saturated carbocycles. The van der Waals surface area contributed by atoms with Gasteiger partial charge in [0, 0.05) is 13.0 Å². The van der Waals surface area contributed by atoms with Gasteiger partial charge in [-0.1, -0.05) is 0 Å². The second-order valence-corrected chi connectivity index (χ2v) is 5.55. The summed E-state index contributed by atoms with van der Waals surface area (Å²) in [4.78, 5) is 12.3. The molecule has 1 aliphatic heterocycles. The van der Waals surface area contributed by atoms with Crippen LogP contribution in [0.1, 0.15) is 36.0 Å². The van der Waals surface area contributed by atoms with Crippen molar-refractivity contribution in [3.05, 3.63) is 22.2 Å². The van der Waals surface area contributed by atoms with E-state index in [0.29, 0.717) is 28.0 Å². The van der Waals surface area contributed by atoms with E-state index >= 15 is 0 Å². The predicted octanol–water partition coefficient (Wildman–Crippen LogP) is 3.61. The Kier molecular flexibility index (Phi) is 5.43. The van der Waals surface area contributed by atoms with E-state index in [1.165, 1.54) is 0 Å². The first kappa shape index (κ1) is 15.3. The second-order valence-electron chi connectivity index (χ2n) is 4.76. The highest BCUT2D eigenvalue weighted by Gasteiger charge is 2.21. The van der Waals surface area contributed by atoms with E-state index in [1.54, 1.807) is 26.4 Å². The molecule has 1 aliphatic rings. The molecular formula is C15H19BrO4. The standard InChI is InChI=1S/C15H19BrO4/c1-18-13-8-6-11(15(19-2)14(13)16)12(17)7-5-10-4-3-9-20-10/h6,8,10H,3-5,7,9H2,1-2H3. The van der Waals surface area contributed by atoms with Gasteiger partial charge >= 0.3 is 0 Å². The maximum absolute atomic E-state index is 12.3. The van der Waals surface area contributed by atoms with Gasteiger partial charge in [-0.15, -0.1) is 0 Å². The number of rotatable bonds is 6. The normalized spacial score (nSPS) is 18.1. The van der Waals surface area contributed by atoms with Gasteiger partial charge in [-0.05, 0) is 47.3 Å². The van der Waals surface area contributed by atoms with Crippen LogP contribution in [0.2, 0.25) is 0 Å². The number of hydrogen-bond acceptors (Lipinski definition) is 4. The molecule has 20 heavy (non-hydrogen) atoms. The molecule has 1 atom stereocenters. The molecule has 0 bridgehead atoms. The molecule has 0 N–H and O–H groups in total. The molecule has 0 spiro atoms. The lowest BCUT2D eigenvalue weighted by Gasteiger charge is -2.13. The number of ether oxygens (including phenoxy) is 3. The van der Waals surface area contributed by atoms with Crippen LogP contribution in [0, 0.1) is 0 Å². The van der Waals surface area contributed by atoms with E-state index in [4.69, 9.17) is 14.2 Å². The summed E-state index contributed by atoms with van der Waals surface area (Å²) in [6.45, 7) is 0.816. The summed E-state index contributed by atoms with van der Waals surface area (Å²) in [7, 11) is 3.13. The average molecular weight is 343 g/mol. The fourth-order valence-electron chi connectivity index (χ4n) is 2.41. The van der Waals surface area contributed by atoms with Gasteiger partial charge in [-0.3, -0.25) is 4.79 Å². The van der Waals surface area contributed by atoms with Crippen LogP contribution in [0.25, 0.3) is 0 Å². The van der Waals surface area contributed by atoms with Gasteiger partial charge in [-0.25, -0.2) is 0 Å². The molecule has 0 radical (unpaired) electrons. The number of benzene rings is 1. The molecule has 1 fully saturated rings. The molecular weight excluding hydrogens is 324 g/mol. The average Bonchev–Trinajstić information content (AvgIpc) is 2.97. The van der Waals surface area contributed by atoms with Crippen molar-refractivity contribution in [3.63, 3.8) is 0 Å². The molecule has 0 amide bonds. The zero-order valence-corrected chi connectivity index (χ0v) is 13.4. The van der Waals surface area contributed by atoms with Gasteiger partial charge in [0.15, 0.2) is 5.78 Å². The van der Waals surface area contributed by atoms with Crippen molar-refractivity contribution in [3.8, 4) is 11.5 Å². The lowest BCUT2D eigenvalue weighted by Crippen LogP contribution is -2.10. The van der Waals surface area contributed by atoms with Gasteiger partial charge in [-0.2, -0.15) is 0 Å². The van der Waals surface area contributed by atoms with Gasteiger partial charge in [0.05, 0.1) is 25.9 Å². The number of carbonyl (C=O) groups is 1. The van der Waals surface area contributed by atoms with Crippen molar-refractivity contribution in [2.45, 2.75) is 31.8 Å². The van der Waals surface area contributed by atoms with Crippen molar-refractivity contribution < 1.29 is 19.0 Å². The fourth-order valence-corrected chi connectivity index (χ4v) is 3.08. The third kappa shape index (κ3) is 3.33. The Labute approximate surface area is 127 Å². The van der Waals surface area contributed by atoms with E-state index in [1.807, 2.05) is 0 Å². The van der Waals surface area contributed by atoms with Crippen molar-refractivity contribution >= 4 is 21.7 Å². The smallest absolute Gasteiger partial charge is 0.166 e. The number of hydrogen-bond donors (Lipinski definition) is 0. The molecule has 1 aromatic rings. The lowest BCUT2D eigenvalue weighted by molar-refractivity contribution is 0.0857. The Hall–Kier alpha value is -1.07. The van der Waals surface area contributed by atoms with Crippen molar-refractivity contribution in [2.75, 3.05) is 20.8 Å². The van der Waals surface area contributed by atoms with E-state index in [0.717, 1.165) is 25.9 Å². The molecule has 1 aromatic carbocycles. The third-order valence-corrected chi connectivity index (χ3v) is 4.25. The zero-order chi connectivity index (χ0) is 14.5. The number of carbonyl (C=O) groups excluding carboxylic acids is 1. The third-order valence-electron chi connectivity index (χ3n) is 3.50. The summed E-state index contributed by atoms with van der Waals surface area (Å²) < 4.78 is 16.8. The molecule has 1 saturated heterocycles. The van der Waals surface area contributed by atoms with E-state index in [2.05, 4.69) is 15.9 Å². The first-order valence-corrected chi connectivity index (χ1v) is 7.52. The minimum absolute atomic E-state index is 0.0701. The van der Waals surface area contributed by atoms with Gasteiger partial charge in [0.1, 0.15) is 16.0 Å². The first-order chi connectivity index (χ1) is 9.67. The zero-order valence-electron chi connectivity index (χ0n) is 11.8. The van der Waals surface area contributed by atoms with Crippen LogP contribution < -0.4 is 9.47 Å².